The number of hydrogen-bond donors (Lipinski definition) is 2. The molecule has 0 rings (SSSR count). The molecule has 4 nitrogen and oxygen atoms in total. The van der Waals surface area contributed by atoms with Gasteiger partial charge in [-0.2, -0.15) is 0 Å². The van der Waals surface area contributed by atoms with Gasteiger partial charge in [0.25, 0.3) is 0 Å². The summed E-state index contributed by atoms with van der Waals surface area (Å²) in [4.78, 5) is 10.8. The molecule has 0 aromatic rings. The van der Waals surface area contributed by atoms with Crippen molar-refractivity contribution in [2.45, 2.75) is 33.6 Å². The Balaban J connectivity index is 3.35. The van der Waals surface area contributed by atoms with Crippen LogP contribution in [-0.2, 0) is 9.53 Å². The van der Waals surface area contributed by atoms with Crippen molar-refractivity contribution >= 4 is 5.97 Å². The van der Waals surface area contributed by atoms with Crippen LogP contribution in [0.5, 0.6) is 0 Å². The maximum atomic E-state index is 10.8. The van der Waals surface area contributed by atoms with Gasteiger partial charge in [0.2, 0.25) is 0 Å². The Kier molecular flexibility index (Phi) is 7.34. The molecule has 0 atom stereocenters. The minimum Gasteiger partial charge on any atom is -0.481 e. The predicted molar refractivity (Wildman–Crippen MR) is 60.0 cm³/mol. The van der Waals surface area contributed by atoms with E-state index in [1.54, 1.807) is 13.8 Å². The summed E-state index contributed by atoms with van der Waals surface area (Å²) in [6.07, 6.45) is 2.22. The van der Waals surface area contributed by atoms with Crippen LogP contribution in [0.4, 0.5) is 0 Å². The molecule has 0 bridgehead atoms. The number of carboxylic acids is 1. The van der Waals surface area contributed by atoms with Crippen LogP contribution in [-0.4, -0.2) is 37.4 Å². The third kappa shape index (κ3) is 7.33. The minimum atomic E-state index is -0.776. The van der Waals surface area contributed by atoms with E-state index in [1.165, 1.54) is 0 Å². The van der Waals surface area contributed by atoms with Gasteiger partial charge in [0.05, 0.1) is 12.0 Å². The number of carboxylic acid groups (broad SMARTS) is 1. The van der Waals surface area contributed by atoms with Crippen molar-refractivity contribution in [3.8, 4) is 0 Å². The topological polar surface area (TPSA) is 58.6 Å². The van der Waals surface area contributed by atoms with Crippen molar-refractivity contribution < 1.29 is 14.6 Å². The number of nitrogens with one attached hydrogen (secondary N) is 1. The molecule has 0 unspecified atom stereocenters. The highest BCUT2D eigenvalue weighted by molar-refractivity contribution is 5.73. The van der Waals surface area contributed by atoms with Crippen LogP contribution in [0.1, 0.15) is 33.6 Å². The zero-order chi connectivity index (χ0) is 11.7. The zero-order valence-corrected chi connectivity index (χ0v) is 10.0. The van der Waals surface area contributed by atoms with Gasteiger partial charge in [-0.05, 0) is 20.3 Å². The molecule has 0 spiro atoms. The quantitative estimate of drug-likeness (QED) is 0.575. The summed E-state index contributed by atoms with van der Waals surface area (Å²) in [5.41, 5.74) is -0.705. The second kappa shape index (κ2) is 7.65. The van der Waals surface area contributed by atoms with Crippen molar-refractivity contribution in [1.29, 1.82) is 0 Å². The van der Waals surface area contributed by atoms with Gasteiger partial charge < -0.3 is 15.2 Å². The SMILES string of the molecule is CCCCOCCNCC(C)(C)C(=O)O. The fourth-order valence-corrected chi connectivity index (χ4v) is 0.969. The van der Waals surface area contributed by atoms with Gasteiger partial charge in [0, 0.05) is 19.7 Å². The van der Waals surface area contributed by atoms with Gasteiger partial charge >= 0.3 is 5.97 Å². The molecule has 90 valence electrons. The summed E-state index contributed by atoms with van der Waals surface area (Å²) in [5, 5.41) is 11.9. The van der Waals surface area contributed by atoms with Crippen molar-refractivity contribution in [1.82, 2.24) is 5.32 Å². The maximum absolute atomic E-state index is 10.8. The van der Waals surface area contributed by atoms with Gasteiger partial charge in [-0.25, -0.2) is 0 Å². The fraction of sp³-hybridized carbons (Fsp3) is 0.909. The van der Waals surface area contributed by atoms with Crippen LogP contribution in [0, 0.1) is 5.41 Å². The molecular formula is C11H23NO3. The predicted octanol–water partition coefficient (Wildman–Crippen LogP) is 1.50. The smallest absolute Gasteiger partial charge is 0.310 e. The summed E-state index contributed by atoms with van der Waals surface area (Å²) in [6.45, 7) is 8.16. The summed E-state index contributed by atoms with van der Waals surface area (Å²) in [6, 6.07) is 0. The third-order valence-corrected chi connectivity index (χ3v) is 2.21. The van der Waals surface area contributed by atoms with Gasteiger partial charge in [-0.1, -0.05) is 13.3 Å². The highest BCUT2D eigenvalue weighted by atomic mass is 16.5. The van der Waals surface area contributed by atoms with E-state index in [4.69, 9.17) is 9.84 Å². The van der Waals surface area contributed by atoms with E-state index in [2.05, 4.69) is 12.2 Å². The van der Waals surface area contributed by atoms with Gasteiger partial charge in [0.1, 0.15) is 0 Å². The molecule has 0 radical (unpaired) electrons. The molecule has 0 aliphatic carbocycles. The Bertz CT molecular complexity index is 181. The monoisotopic (exact) mass is 217 g/mol. The molecule has 0 saturated carbocycles. The normalized spacial score (nSPS) is 11.7. The van der Waals surface area contributed by atoms with Crippen LogP contribution in [0.15, 0.2) is 0 Å². The number of ether oxygens (including phenoxy) is 1. The molecule has 0 fully saturated rings. The molecular weight excluding hydrogens is 194 g/mol. The number of carbonyl (C=O) groups is 1. The summed E-state index contributed by atoms with van der Waals surface area (Å²) in [7, 11) is 0. The lowest BCUT2D eigenvalue weighted by atomic mass is 9.94. The molecule has 0 saturated heterocycles. The highest BCUT2D eigenvalue weighted by Crippen LogP contribution is 2.12. The molecule has 2 N–H and O–H groups in total. The van der Waals surface area contributed by atoms with Crippen LogP contribution in [0.25, 0.3) is 0 Å². The van der Waals surface area contributed by atoms with Crippen molar-refractivity contribution in [2.24, 2.45) is 5.41 Å². The lowest BCUT2D eigenvalue weighted by molar-refractivity contribution is -0.146. The highest BCUT2D eigenvalue weighted by Gasteiger charge is 2.26. The molecule has 4 heteroatoms. The minimum absolute atomic E-state index is 0.472. The summed E-state index contributed by atoms with van der Waals surface area (Å²) in [5.74, 6) is -0.776. The average Bonchev–Trinajstić information content (AvgIpc) is 2.16. The van der Waals surface area contributed by atoms with Crippen LogP contribution < -0.4 is 5.32 Å². The average molecular weight is 217 g/mol. The zero-order valence-electron chi connectivity index (χ0n) is 10.0. The lowest BCUT2D eigenvalue weighted by Crippen LogP contribution is -2.37. The largest absolute Gasteiger partial charge is 0.481 e. The first-order valence-electron chi connectivity index (χ1n) is 5.52. The fourth-order valence-electron chi connectivity index (χ4n) is 0.969. The molecule has 0 aliphatic heterocycles. The van der Waals surface area contributed by atoms with E-state index < -0.39 is 11.4 Å². The van der Waals surface area contributed by atoms with Gasteiger partial charge in [-0.15, -0.1) is 0 Å². The Morgan fingerprint density at radius 1 is 1.40 bits per heavy atom. The van der Waals surface area contributed by atoms with E-state index in [-0.39, 0.29) is 0 Å². The number of aliphatic carboxylic acids is 1. The van der Waals surface area contributed by atoms with E-state index in [0.717, 1.165) is 19.4 Å². The van der Waals surface area contributed by atoms with Gasteiger partial charge in [0.15, 0.2) is 0 Å². The first-order chi connectivity index (χ1) is 7.00. The lowest BCUT2D eigenvalue weighted by Gasteiger charge is -2.19. The van der Waals surface area contributed by atoms with Crippen molar-refractivity contribution in [3.05, 3.63) is 0 Å². The second-order valence-electron chi connectivity index (χ2n) is 4.33. The Hall–Kier alpha value is -0.610. The molecule has 0 aliphatic rings. The Morgan fingerprint density at radius 3 is 2.60 bits per heavy atom. The molecule has 15 heavy (non-hydrogen) atoms. The number of rotatable bonds is 9. The van der Waals surface area contributed by atoms with E-state index in [1.807, 2.05) is 0 Å². The van der Waals surface area contributed by atoms with E-state index >= 15 is 0 Å². The van der Waals surface area contributed by atoms with Gasteiger partial charge in [-0.3, -0.25) is 4.79 Å². The maximum Gasteiger partial charge on any atom is 0.310 e. The van der Waals surface area contributed by atoms with Crippen LogP contribution in [0.3, 0.4) is 0 Å². The summed E-state index contributed by atoms with van der Waals surface area (Å²) < 4.78 is 5.34. The van der Waals surface area contributed by atoms with Crippen LogP contribution >= 0.6 is 0 Å². The molecule has 0 aromatic carbocycles. The third-order valence-electron chi connectivity index (χ3n) is 2.21. The van der Waals surface area contributed by atoms with Crippen molar-refractivity contribution in [2.75, 3.05) is 26.3 Å². The standard InChI is InChI=1S/C11H23NO3/c1-4-5-7-15-8-6-12-9-11(2,3)10(13)14/h12H,4-9H2,1-3H3,(H,13,14). The molecule has 0 amide bonds. The Morgan fingerprint density at radius 2 is 2.07 bits per heavy atom. The Labute approximate surface area is 92.0 Å². The first kappa shape index (κ1) is 14.4. The van der Waals surface area contributed by atoms with Crippen molar-refractivity contribution in [3.63, 3.8) is 0 Å². The number of hydrogen-bond acceptors (Lipinski definition) is 3. The summed E-state index contributed by atoms with van der Waals surface area (Å²) >= 11 is 0. The molecule has 0 aromatic heterocycles. The van der Waals surface area contributed by atoms with Crippen LogP contribution in [0.2, 0.25) is 0 Å². The van der Waals surface area contributed by atoms with E-state index in [9.17, 15) is 4.79 Å². The second-order valence-corrected chi connectivity index (χ2v) is 4.33. The first-order valence-corrected chi connectivity index (χ1v) is 5.52. The van der Waals surface area contributed by atoms with E-state index in [0.29, 0.717) is 19.7 Å². The number of unbranched alkanes of at least 4 members (excludes halogenated alkanes) is 1. The molecule has 0 heterocycles.